The van der Waals surface area contributed by atoms with Crippen LogP contribution in [0.1, 0.15) is 17.5 Å². The van der Waals surface area contributed by atoms with Crippen molar-refractivity contribution in [3.8, 4) is 11.5 Å². The van der Waals surface area contributed by atoms with E-state index in [2.05, 4.69) is 46.8 Å². The Morgan fingerprint density at radius 2 is 1.85 bits per heavy atom. The number of benzene rings is 2. The summed E-state index contributed by atoms with van der Waals surface area (Å²) in [4.78, 5) is 2.32. The van der Waals surface area contributed by atoms with Crippen molar-refractivity contribution in [2.75, 3.05) is 26.9 Å². The second-order valence-electron chi connectivity index (χ2n) is 6.37. The fourth-order valence-electron chi connectivity index (χ4n) is 2.82. The Kier molecular flexibility index (Phi) is 6.68. The molecular formula is C20H25N3O2S. The van der Waals surface area contributed by atoms with Crippen LogP contribution in [-0.4, -0.2) is 36.9 Å². The van der Waals surface area contributed by atoms with Crippen molar-refractivity contribution in [1.29, 1.82) is 0 Å². The molecule has 0 aromatic heterocycles. The molecule has 1 aliphatic heterocycles. The number of nitrogens with zero attached hydrogens (tertiary/aromatic N) is 1. The predicted molar refractivity (Wildman–Crippen MR) is 107 cm³/mol. The smallest absolute Gasteiger partial charge is 0.231 e. The van der Waals surface area contributed by atoms with Crippen LogP contribution in [0.5, 0.6) is 11.5 Å². The molecule has 1 aliphatic rings. The van der Waals surface area contributed by atoms with Crippen LogP contribution in [0, 0.1) is 0 Å². The molecule has 0 unspecified atom stereocenters. The van der Waals surface area contributed by atoms with Gasteiger partial charge in [-0.05, 0) is 55.5 Å². The molecule has 0 atom stereocenters. The van der Waals surface area contributed by atoms with E-state index in [1.54, 1.807) is 0 Å². The summed E-state index contributed by atoms with van der Waals surface area (Å²) in [5.41, 5.74) is 2.45. The molecule has 2 N–H and O–H groups in total. The molecule has 2 aromatic rings. The van der Waals surface area contributed by atoms with E-state index in [1.165, 1.54) is 5.56 Å². The van der Waals surface area contributed by atoms with Gasteiger partial charge in [-0.15, -0.1) is 0 Å². The number of nitrogens with one attached hydrogen (secondary N) is 2. The van der Waals surface area contributed by atoms with E-state index in [1.807, 2.05) is 24.3 Å². The summed E-state index contributed by atoms with van der Waals surface area (Å²) in [6, 6.07) is 16.4. The monoisotopic (exact) mass is 371 g/mol. The van der Waals surface area contributed by atoms with Crippen molar-refractivity contribution in [3.05, 3.63) is 59.7 Å². The maximum Gasteiger partial charge on any atom is 0.231 e. The van der Waals surface area contributed by atoms with Crippen molar-refractivity contribution >= 4 is 17.3 Å². The molecule has 2 aromatic carbocycles. The first-order valence-electron chi connectivity index (χ1n) is 8.83. The normalized spacial score (nSPS) is 12.2. The second kappa shape index (κ2) is 9.40. The zero-order valence-corrected chi connectivity index (χ0v) is 15.8. The highest BCUT2D eigenvalue weighted by Gasteiger charge is 2.13. The Balaban J connectivity index is 1.29. The third kappa shape index (κ3) is 5.61. The largest absolute Gasteiger partial charge is 0.454 e. The van der Waals surface area contributed by atoms with Gasteiger partial charge in [-0.25, -0.2) is 0 Å². The molecule has 138 valence electrons. The van der Waals surface area contributed by atoms with Gasteiger partial charge < -0.3 is 25.0 Å². The van der Waals surface area contributed by atoms with Crippen LogP contribution in [0.4, 0.5) is 0 Å². The van der Waals surface area contributed by atoms with E-state index in [0.29, 0.717) is 18.5 Å². The molecule has 6 heteroatoms. The minimum atomic E-state index is 0.297. The number of hydrogen-bond donors (Lipinski definition) is 2. The van der Waals surface area contributed by atoms with Gasteiger partial charge in [0.05, 0.1) is 0 Å². The molecule has 0 saturated heterocycles. The molecule has 1 heterocycles. The first-order valence-corrected chi connectivity index (χ1v) is 9.24. The molecule has 3 rings (SSSR count). The summed E-state index contributed by atoms with van der Waals surface area (Å²) in [6.45, 7) is 3.80. The van der Waals surface area contributed by atoms with E-state index in [9.17, 15) is 0 Å². The molecule has 0 spiro atoms. The van der Waals surface area contributed by atoms with Gasteiger partial charge in [0, 0.05) is 19.6 Å². The Hall–Kier alpha value is -2.31. The average molecular weight is 372 g/mol. The molecule has 0 saturated carbocycles. The lowest BCUT2D eigenvalue weighted by Gasteiger charge is -2.17. The van der Waals surface area contributed by atoms with Crippen LogP contribution < -0.4 is 20.1 Å². The molecule has 0 aliphatic carbocycles. The van der Waals surface area contributed by atoms with E-state index in [0.717, 1.165) is 43.1 Å². The minimum Gasteiger partial charge on any atom is -0.454 e. The van der Waals surface area contributed by atoms with Crippen LogP contribution in [0.2, 0.25) is 0 Å². The van der Waals surface area contributed by atoms with E-state index in [4.69, 9.17) is 21.7 Å². The predicted octanol–water partition coefficient (Wildman–Crippen LogP) is 2.90. The van der Waals surface area contributed by atoms with Crippen molar-refractivity contribution in [2.24, 2.45) is 0 Å². The van der Waals surface area contributed by atoms with Crippen LogP contribution in [0.3, 0.4) is 0 Å². The first kappa shape index (κ1) is 18.5. The topological polar surface area (TPSA) is 45.8 Å². The van der Waals surface area contributed by atoms with Gasteiger partial charge in [0.1, 0.15) is 0 Å². The highest BCUT2D eigenvalue weighted by molar-refractivity contribution is 7.80. The fraction of sp³-hybridized carbons (Fsp3) is 0.350. The van der Waals surface area contributed by atoms with Gasteiger partial charge in [0.2, 0.25) is 6.79 Å². The SMILES string of the molecule is CN(CCCNC(=S)NCc1ccc2c(c1)OCO2)Cc1ccccc1. The summed E-state index contributed by atoms with van der Waals surface area (Å²) in [5.74, 6) is 1.60. The number of fused-ring (bicyclic) bond motifs is 1. The van der Waals surface area contributed by atoms with Crippen molar-refractivity contribution < 1.29 is 9.47 Å². The first-order chi connectivity index (χ1) is 12.7. The summed E-state index contributed by atoms with van der Waals surface area (Å²) >= 11 is 5.34. The van der Waals surface area contributed by atoms with Crippen LogP contribution in [-0.2, 0) is 13.1 Å². The number of hydrogen-bond acceptors (Lipinski definition) is 4. The Labute approximate surface area is 160 Å². The van der Waals surface area contributed by atoms with Crippen molar-refractivity contribution in [2.45, 2.75) is 19.5 Å². The van der Waals surface area contributed by atoms with E-state index >= 15 is 0 Å². The molecule has 5 nitrogen and oxygen atoms in total. The average Bonchev–Trinajstić information content (AvgIpc) is 3.12. The van der Waals surface area contributed by atoms with Crippen LogP contribution >= 0.6 is 12.2 Å². The molecule has 0 radical (unpaired) electrons. The molecule has 26 heavy (non-hydrogen) atoms. The quantitative estimate of drug-likeness (QED) is 0.550. The Bertz CT molecular complexity index is 724. The van der Waals surface area contributed by atoms with Crippen molar-refractivity contribution in [1.82, 2.24) is 15.5 Å². The Morgan fingerprint density at radius 3 is 2.69 bits per heavy atom. The lowest BCUT2D eigenvalue weighted by atomic mass is 10.2. The molecule has 0 fully saturated rings. The summed E-state index contributed by atoms with van der Waals surface area (Å²) in [5, 5.41) is 7.17. The summed E-state index contributed by atoms with van der Waals surface area (Å²) in [7, 11) is 2.14. The maximum atomic E-state index is 5.39. The second-order valence-corrected chi connectivity index (χ2v) is 6.78. The van der Waals surface area contributed by atoms with Crippen LogP contribution in [0.25, 0.3) is 0 Å². The van der Waals surface area contributed by atoms with Gasteiger partial charge in [-0.2, -0.15) is 0 Å². The summed E-state index contributed by atoms with van der Waals surface area (Å²) < 4.78 is 10.7. The van der Waals surface area contributed by atoms with E-state index < -0.39 is 0 Å². The van der Waals surface area contributed by atoms with Gasteiger partial charge in [0.25, 0.3) is 0 Å². The molecular weight excluding hydrogens is 346 g/mol. The summed E-state index contributed by atoms with van der Waals surface area (Å²) in [6.07, 6.45) is 1.04. The number of rotatable bonds is 8. The number of ether oxygens (including phenoxy) is 2. The zero-order valence-electron chi connectivity index (χ0n) is 15.0. The van der Waals surface area contributed by atoms with Gasteiger partial charge in [0.15, 0.2) is 16.6 Å². The van der Waals surface area contributed by atoms with Gasteiger partial charge in [-0.1, -0.05) is 36.4 Å². The maximum absolute atomic E-state index is 5.39. The Morgan fingerprint density at radius 1 is 1.04 bits per heavy atom. The number of thiocarbonyl (C=S) groups is 1. The standard InChI is InChI=1S/C20H25N3O2S/c1-23(14-16-6-3-2-4-7-16)11-5-10-21-20(26)22-13-17-8-9-18-19(12-17)25-15-24-18/h2-4,6-9,12H,5,10-11,13-15H2,1H3,(H2,21,22,26). The van der Waals surface area contributed by atoms with Crippen molar-refractivity contribution in [3.63, 3.8) is 0 Å². The van der Waals surface area contributed by atoms with Crippen LogP contribution in [0.15, 0.2) is 48.5 Å². The van der Waals surface area contributed by atoms with E-state index in [-0.39, 0.29) is 0 Å². The highest BCUT2D eigenvalue weighted by atomic mass is 32.1. The third-order valence-electron chi connectivity index (χ3n) is 4.19. The molecule has 0 amide bonds. The lowest BCUT2D eigenvalue weighted by Crippen LogP contribution is -2.36. The fourth-order valence-corrected chi connectivity index (χ4v) is 3.00. The lowest BCUT2D eigenvalue weighted by molar-refractivity contribution is 0.174. The molecule has 0 bridgehead atoms. The highest BCUT2D eigenvalue weighted by Crippen LogP contribution is 2.32. The minimum absolute atomic E-state index is 0.297. The third-order valence-corrected chi connectivity index (χ3v) is 4.48. The van der Waals surface area contributed by atoms with Gasteiger partial charge in [-0.3, -0.25) is 0 Å². The zero-order chi connectivity index (χ0) is 18.2. The van der Waals surface area contributed by atoms with Gasteiger partial charge >= 0.3 is 0 Å².